The molecule has 3 rings (SSSR count). The number of rotatable bonds is 1. The first-order valence-corrected chi connectivity index (χ1v) is 6.96. The normalized spacial score (nSPS) is 21.4. The highest BCUT2D eigenvalue weighted by Gasteiger charge is 2.20. The zero-order chi connectivity index (χ0) is 11.0. The molecule has 0 aliphatic carbocycles. The minimum absolute atomic E-state index is 0.512. The average molecular weight is 254 g/mol. The number of aromatic nitrogens is 3. The molecule has 1 saturated heterocycles. The van der Waals surface area contributed by atoms with E-state index in [9.17, 15) is 0 Å². The first kappa shape index (κ1) is 10.4. The van der Waals surface area contributed by atoms with Crippen molar-refractivity contribution in [2.75, 3.05) is 11.5 Å². The molecule has 3 nitrogen and oxygen atoms in total. The van der Waals surface area contributed by atoms with Gasteiger partial charge in [-0.15, -0.1) is 0 Å². The van der Waals surface area contributed by atoms with E-state index in [1.165, 1.54) is 18.6 Å². The number of nitrogens with zero attached hydrogens (tertiary/aromatic N) is 3. The molecule has 84 valence electrons. The van der Waals surface area contributed by atoms with Crippen LogP contribution in [0.15, 0.2) is 18.3 Å². The Morgan fingerprint density at radius 3 is 3.25 bits per heavy atom. The molecule has 0 aromatic carbocycles. The lowest BCUT2D eigenvalue weighted by Gasteiger charge is -2.17. The van der Waals surface area contributed by atoms with Gasteiger partial charge in [-0.3, -0.25) is 0 Å². The van der Waals surface area contributed by atoms with Gasteiger partial charge in [-0.25, -0.2) is 9.50 Å². The van der Waals surface area contributed by atoms with Gasteiger partial charge in [0.2, 0.25) is 0 Å². The first-order chi connectivity index (χ1) is 7.83. The summed E-state index contributed by atoms with van der Waals surface area (Å²) in [4.78, 5) is 4.55. The third-order valence-corrected chi connectivity index (χ3v) is 4.29. The SMILES string of the molecule is Clc1ccn2nc(C3CCCSC3)nc2c1. The van der Waals surface area contributed by atoms with Crippen molar-refractivity contribution < 1.29 is 0 Å². The predicted octanol–water partition coefficient (Wildman–Crippen LogP) is 2.99. The summed E-state index contributed by atoms with van der Waals surface area (Å²) >= 11 is 7.92. The van der Waals surface area contributed by atoms with Crippen LogP contribution < -0.4 is 0 Å². The van der Waals surface area contributed by atoms with E-state index in [1.54, 1.807) is 4.52 Å². The lowest BCUT2D eigenvalue weighted by atomic mass is 10.1. The van der Waals surface area contributed by atoms with E-state index in [0.29, 0.717) is 10.9 Å². The topological polar surface area (TPSA) is 30.2 Å². The van der Waals surface area contributed by atoms with Gasteiger partial charge in [-0.05, 0) is 24.7 Å². The third-order valence-electron chi connectivity index (χ3n) is 2.84. The molecule has 0 spiro atoms. The number of fused-ring (bicyclic) bond motifs is 1. The fourth-order valence-electron chi connectivity index (χ4n) is 1.99. The minimum atomic E-state index is 0.512. The van der Waals surface area contributed by atoms with Crippen LogP contribution in [-0.4, -0.2) is 26.1 Å². The molecular weight excluding hydrogens is 242 g/mol. The fraction of sp³-hybridized carbons (Fsp3) is 0.455. The summed E-state index contributed by atoms with van der Waals surface area (Å²) in [6, 6.07) is 3.69. The van der Waals surface area contributed by atoms with Crippen molar-refractivity contribution in [2.24, 2.45) is 0 Å². The van der Waals surface area contributed by atoms with Crippen LogP contribution in [0, 0.1) is 0 Å². The van der Waals surface area contributed by atoms with Crippen molar-refractivity contribution >= 4 is 29.0 Å². The van der Waals surface area contributed by atoms with Gasteiger partial charge in [0.1, 0.15) is 0 Å². The van der Waals surface area contributed by atoms with Gasteiger partial charge in [0, 0.05) is 29.0 Å². The summed E-state index contributed by atoms with van der Waals surface area (Å²) in [6.07, 6.45) is 4.34. The Morgan fingerprint density at radius 2 is 2.44 bits per heavy atom. The smallest absolute Gasteiger partial charge is 0.157 e. The van der Waals surface area contributed by atoms with Crippen LogP contribution in [-0.2, 0) is 0 Å². The zero-order valence-corrected chi connectivity index (χ0v) is 10.3. The number of pyridine rings is 1. The molecule has 1 aliphatic rings. The van der Waals surface area contributed by atoms with Crippen LogP contribution in [0.4, 0.5) is 0 Å². The predicted molar refractivity (Wildman–Crippen MR) is 67.3 cm³/mol. The molecule has 1 unspecified atom stereocenters. The largest absolute Gasteiger partial charge is 0.221 e. The number of thioether (sulfide) groups is 1. The van der Waals surface area contributed by atoms with Crippen molar-refractivity contribution in [1.29, 1.82) is 0 Å². The number of halogens is 1. The Labute approximate surface area is 103 Å². The van der Waals surface area contributed by atoms with Crippen LogP contribution in [0.5, 0.6) is 0 Å². The maximum atomic E-state index is 5.93. The van der Waals surface area contributed by atoms with Crippen LogP contribution in [0.25, 0.3) is 5.65 Å². The zero-order valence-electron chi connectivity index (χ0n) is 8.77. The second-order valence-electron chi connectivity index (χ2n) is 4.03. The summed E-state index contributed by atoms with van der Waals surface area (Å²) in [5, 5.41) is 5.22. The van der Waals surface area contributed by atoms with Crippen LogP contribution in [0.2, 0.25) is 5.02 Å². The molecule has 0 N–H and O–H groups in total. The van der Waals surface area contributed by atoms with Crippen molar-refractivity contribution in [3.63, 3.8) is 0 Å². The Balaban J connectivity index is 1.97. The van der Waals surface area contributed by atoms with Crippen molar-refractivity contribution in [3.05, 3.63) is 29.2 Å². The summed E-state index contributed by atoms with van der Waals surface area (Å²) < 4.78 is 1.81. The van der Waals surface area contributed by atoms with Gasteiger partial charge in [-0.2, -0.15) is 16.9 Å². The molecule has 1 atom stereocenters. The molecule has 2 aromatic rings. The standard InChI is InChI=1S/C11H12ClN3S/c12-9-3-4-15-10(6-9)13-11(14-15)8-2-1-5-16-7-8/h3-4,6,8H,1-2,5,7H2. The molecule has 3 heterocycles. The fourth-order valence-corrected chi connectivity index (χ4v) is 3.28. The second kappa shape index (κ2) is 4.26. The Hall–Kier alpha value is -0.740. The maximum Gasteiger partial charge on any atom is 0.157 e. The Bertz CT molecular complexity index is 505. The summed E-state index contributed by atoms with van der Waals surface area (Å²) in [6.45, 7) is 0. The lowest BCUT2D eigenvalue weighted by molar-refractivity contribution is 0.622. The molecule has 0 saturated carbocycles. The molecule has 5 heteroatoms. The van der Waals surface area contributed by atoms with E-state index in [2.05, 4.69) is 10.1 Å². The molecular formula is C11H12ClN3S. The molecule has 2 aromatic heterocycles. The first-order valence-electron chi connectivity index (χ1n) is 5.42. The van der Waals surface area contributed by atoms with Crippen molar-refractivity contribution in [3.8, 4) is 0 Å². The van der Waals surface area contributed by atoms with Crippen LogP contribution >= 0.6 is 23.4 Å². The van der Waals surface area contributed by atoms with Gasteiger partial charge >= 0.3 is 0 Å². The van der Waals surface area contributed by atoms with Gasteiger partial charge in [0.15, 0.2) is 11.5 Å². The molecule has 16 heavy (non-hydrogen) atoms. The summed E-state index contributed by atoms with van der Waals surface area (Å²) in [5.41, 5.74) is 0.845. The quantitative estimate of drug-likeness (QED) is 0.783. The summed E-state index contributed by atoms with van der Waals surface area (Å²) in [5.74, 6) is 3.90. The highest BCUT2D eigenvalue weighted by Crippen LogP contribution is 2.29. The van der Waals surface area contributed by atoms with Crippen molar-refractivity contribution in [1.82, 2.24) is 14.6 Å². The van der Waals surface area contributed by atoms with Gasteiger partial charge in [0.25, 0.3) is 0 Å². The Morgan fingerprint density at radius 1 is 1.50 bits per heavy atom. The van der Waals surface area contributed by atoms with E-state index >= 15 is 0 Å². The van der Waals surface area contributed by atoms with E-state index < -0.39 is 0 Å². The van der Waals surface area contributed by atoms with E-state index in [-0.39, 0.29) is 0 Å². The molecule has 1 aliphatic heterocycles. The van der Waals surface area contributed by atoms with E-state index in [0.717, 1.165) is 17.2 Å². The van der Waals surface area contributed by atoms with E-state index in [1.807, 2.05) is 30.1 Å². The monoisotopic (exact) mass is 253 g/mol. The molecule has 0 bridgehead atoms. The van der Waals surface area contributed by atoms with Gasteiger partial charge in [0.05, 0.1) is 0 Å². The third kappa shape index (κ3) is 1.92. The van der Waals surface area contributed by atoms with Crippen molar-refractivity contribution in [2.45, 2.75) is 18.8 Å². The van der Waals surface area contributed by atoms with Gasteiger partial charge < -0.3 is 0 Å². The molecule has 0 amide bonds. The molecule has 0 radical (unpaired) electrons. The van der Waals surface area contributed by atoms with E-state index in [4.69, 9.17) is 11.6 Å². The Kier molecular flexibility index (Phi) is 2.77. The van der Waals surface area contributed by atoms with Crippen LogP contribution in [0.3, 0.4) is 0 Å². The van der Waals surface area contributed by atoms with Crippen LogP contribution in [0.1, 0.15) is 24.6 Å². The average Bonchev–Trinajstić information content (AvgIpc) is 2.73. The summed E-state index contributed by atoms with van der Waals surface area (Å²) in [7, 11) is 0. The molecule has 1 fully saturated rings. The number of hydrogen-bond acceptors (Lipinski definition) is 3. The number of hydrogen-bond donors (Lipinski definition) is 0. The highest BCUT2D eigenvalue weighted by molar-refractivity contribution is 7.99. The maximum absolute atomic E-state index is 5.93. The lowest BCUT2D eigenvalue weighted by Crippen LogP contribution is -2.10. The highest BCUT2D eigenvalue weighted by atomic mass is 35.5. The second-order valence-corrected chi connectivity index (χ2v) is 5.62. The van der Waals surface area contributed by atoms with Gasteiger partial charge in [-0.1, -0.05) is 11.6 Å². The minimum Gasteiger partial charge on any atom is -0.221 e.